The summed E-state index contributed by atoms with van der Waals surface area (Å²) in [6.45, 7) is 4.89. The van der Waals surface area contributed by atoms with Crippen LogP contribution in [0.5, 0.6) is 0 Å². The Labute approximate surface area is 92.2 Å². The van der Waals surface area contributed by atoms with Gasteiger partial charge < -0.3 is 10.2 Å². The smallest absolute Gasteiger partial charge is 0.222 e. The van der Waals surface area contributed by atoms with E-state index in [0.29, 0.717) is 11.9 Å². The van der Waals surface area contributed by atoms with Crippen LogP contribution in [0, 0.1) is 5.92 Å². The number of nitrogens with zero attached hydrogens (tertiary/aromatic N) is 1. The van der Waals surface area contributed by atoms with Crippen LogP contribution in [0.25, 0.3) is 0 Å². The summed E-state index contributed by atoms with van der Waals surface area (Å²) >= 11 is 0. The molecule has 1 atom stereocenters. The summed E-state index contributed by atoms with van der Waals surface area (Å²) in [5, 5.41) is 3.36. The van der Waals surface area contributed by atoms with Crippen LogP contribution in [0.15, 0.2) is 0 Å². The Bertz CT molecular complexity index is 226. The standard InChI is InChI=1S/C12H22N2O/c1-10-9-14(8-7-13-10)12(15)6-5-11-3-2-4-11/h10-11,13H,2-9H2,1H3. The van der Waals surface area contributed by atoms with Gasteiger partial charge in [-0.25, -0.2) is 0 Å². The van der Waals surface area contributed by atoms with E-state index in [1.165, 1.54) is 19.3 Å². The number of amides is 1. The first-order valence-corrected chi connectivity index (χ1v) is 6.27. The van der Waals surface area contributed by atoms with Crippen LogP contribution in [-0.4, -0.2) is 36.5 Å². The fourth-order valence-electron chi connectivity index (χ4n) is 2.43. The molecule has 3 nitrogen and oxygen atoms in total. The van der Waals surface area contributed by atoms with Crippen molar-refractivity contribution in [1.82, 2.24) is 10.2 Å². The minimum atomic E-state index is 0.371. The second-order valence-electron chi connectivity index (χ2n) is 5.03. The van der Waals surface area contributed by atoms with Crippen LogP contribution in [-0.2, 0) is 4.79 Å². The van der Waals surface area contributed by atoms with E-state index in [4.69, 9.17) is 0 Å². The van der Waals surface area contributed by atoms with Gasteiger partial charge in [0.1, 0.15) is 0 Å². The molecule has 0 aromatic heterocycles. The maximum atomic E-state index is 11.9. The molecular weight excluding hydrogens is 188 g/mol. The number of carbonyl (C=O) groups is 1. The van der Waals surface area contributed by atoms with Crippen molar-refractivity contribution in [2.45, 2.75) is 45.1 Å². The Kier molecular flexibility index (Phi) is 3.62. The highest BCUT2D eigenvalue weighted by atomic mass is 16.2. The minimum Gasteiger partial charge on any atom is -0.340 e. The SMILES string of the molecule is CC1CN(C(=O)CCC2CCC2)CCN1. The second-order valence-corrected chi connectivity index (χ2v) is 5.03. The minimum absolute atomic E-state index is 0.371. The third kappa shape index (κ3) is 2.94. The monoisotopic (exact) mass is 210 g/mol. The van der Waals surface area contributed by atoms with Crippen molar-refractivity contribution in [2.24, 2.45) is 5.92 Å². The van der Waals surface area contributed by atoms with Gasteiger partial charge in [0.25, 0.3) is 0 Å². The highest BCUT2D eigenvalue weighted by Crippen LogP contribution is 2.30. The zero-order valence-electron chi connectivity index (χ0n) is 9.67. The van der Waals surface area contributed by atoms with E-state index in [9.17, 15) is 4.79 Å². The predicted molar refractivity (Wildman–Crippen MR) is 60.6 cm³/mol. The number of hydrogen-bond acceptors (Lipinski definition) is 2. The molecule has 86 valence electrons. The number of carbonyl (C=O) groups excluding carboxylic acids is 1. The molecule has 2 aliphatic rings. The lowest BCUT2D eigenvalue weighted by molar-refractivity contribution is -0.132. The molecule has 0 bridgehead atoms. The first-order valence-electron chi connectivity index (χ1n) is 6.27. The van der Waals surface area contributed by atoms with E-state index in [1.54, 1.807) is 0 Å². The lowest BCUT2D eigenvalue weighted by Gasteiger charge is -2.33. The summed E-state index contributed by atoms with van der Waals surface area (Å²) < 4.78 is 0. The largest absolute Gasteiger partial charge is 0.340 e. The van der Waals surface area contributed by atoms with Gasteiger partial charge in [-0.1, -0.05) is 19.3 Å². The fourth-order valence-corrected chi connectivity index (χ4v) is 2.43. The third-order valence-corrected chi connectivity index (χ3v) is 3.71. The summed E-state index contributed by atoms with van der Waals surface area (Å²) in [4.78, 5) is 13.9. The van der Waals surface area contributed by atoms with Gasteiger partial charge in [0.15, 0.2) is 0 Å². The van der Waals surface area contributed by atoms with E-state index < -0.39 is 0 Å². The van der Waals surface area contributed by atoms with Gasteiger partial charge in [0.2, 0.25) is 5.91 Å². The summed E-state index contributed by atoms with van der Waals surface area (Å²) in [5.41, 5.74) is 0. The van der Waals surface area contributed by atoms with E-state index >= 15 is 0 Å². The highest BCUT2D eigenvalue weighted by molar-refractivity contribution is 5.76. The normalized spacial score (nSPS) is 27.5. The van der Waals surface area contributed by atoms with E-state index in [-0.39, 0.29) is 0 Å². The van der Waals surface area contributed by atoms with E-state index in [2.05, 4.69) is 12.2 Å². The first kappa shape index (κ1) is 10.9. The Balaban J connectivity index is 1.69. The zero-order valence-corrected chi connectivity index (χ0v) is 9.67. The van der Waals surface area contributed by atoms with Gasteiger partial charge in [0, 0.05) is 32.1 Å². The van der Waals surface area contributed by atoms with Crippen molar-refractivity contribution in [1.29, 1.82) is 0 Å². The summed E-state index contributed by atoms with van der Waals surface area (Å²) in [6.07, 6.45) is 5.98. The molecule has 1 aliphatic heterocycles. The van der Waals surface area contributed by atoms with Crippen molar-refractivity contribution in [3.05, 3.63) is 0 Å². The summed E-state index contributed by atoms with van der Waals surface area (Å²) in [6, 6.07) is 0.464. The molecule has 1 amide bonds. The van der Waals surface area contributed by atoms with Crippen LogP contribution in [0.2, 0.25) is 0 Å². The average molecular weight is 210 g/mol. The number of hydrogen-bond donors (Lipinski definition) is 1. The van der Waals surface area contributed by atoms with Crippen molar-refractivity contribution in [3.8, 4) is 0 Å². The summed E-state index contributed by atoms with van der Waals surface area (Å²) in [5.74, 6) is 1.23. The van der Waals surface area contributed by atoms with Crippen molar-refractivity contribution in [3.63, 3.8) is 0 Å². The molecule has 0 radical (unpaired) electrons. The molecule has 1 unspecified atom stereocenters. The van der Waals surface area contributed by atoms with E-state index in [1.807, 2.05) is 4.90 Å². The maximum absolute atomic E-state index is 11.9. The molecule has 0 spiro atoms. The third-order valence-electron chi connectivity index (χ3n) is 3.71. The van der Waals surface area contributed by atoms with Crippen LogP contribution in [0.4, 0.5) is 0 Å². The molecule has 2 fully saturated rings. The lowest BCUT2D eigenvalue weighted by Crippen LogP contribution is -2.51. The molecule has 0 aromatic rings. The topological polar surface area (TPSA) is 32.3 Å². The van der Waals surface area contributed by atoms with Crippen molar-refractivity contribution >= 4 is 5.91 Å². The van der Waals surface area contributed by atoms with Gasteiger partial charge >= 0.3 is 0 Å². The van der Waals surface area contributed by atoms with Crippen LogP contribution < -0.4 is 5.32 Å². The zero-order chi connectivity index (χ0) is 10.7. The molecule has 0 aromatic carbocycles. The van der Waals surface area contributed by atoms with Crippen LogP contribution >= 0.6 is 0 Å². The number of rotatable bonds is 3. The molecule has 2 rings (SSSR count). The number of piperazine rings is 1. The average Bonchev–Trinajstić information content (AvgIpc) is 2.15. The van der Waals surface area contributed by atoms with Crippen LogP contribution in [0.3, 0.4) is 0 Å². The van der Waals surface area contributed by atoms with Gasteiger partial charge in [0.05, 0.1) is 0 Å². The molecule has 1 saturated carbocycles. The van der Waals surface area contributed by atoms with Gasteiger partial charge in [-0.05, 0) is 19.3 Å². The fraction of sp³-hybridized carbons (Fsp3) is 0.917. The van der Waals surface area contributed by atoms with Crippen molar-refractivity contribution < 1.29 is 4.79 Å². The quantitative estimate of drug-likeness (QED) is 0.763. The molecular formula is C12H22N2O. The molecule has 1 saturated heterocycles. The highest BCUT2D eigenvalue weighted by Gasteiger charge is 2.23. The van der Waals surface area contributed by atoms with Crippen LogP contribution in [0.1, 0.15) is 39.0 Å². The first-order chi connectivity index (χ1) is 7.25. The molecule has 15 heavy (non-hydrogen) atoms. The molecule has 1 aliphatic carbocycles. The predicted octanol–water partition coefficient (Wildman–Crippen LogP) is 1.39. The lowest BCUT2D eigenvalue weighted by atomic mass is 9.82. The Hall–Kier alpha value is -0.570. The van der Waals surface area contributed by atoms with Crippen molar-refractivity contribution in [2.75, 3.05) is 19.6 Å². The van der Waals surface area contributed by atoms with E-state index in [0.717, 1.165) is 38.4 Å². The van der Waals surface area contributed by atoms with Gasteiger partial charge in [-0.15, -0.1) is 0 Å². The number of nitrogens with one attached hydrogen (secondary N) is 1. The Morgan fingerprint density at radius 3 is 2.87 bits per heavy atom. The second kappa shape index (κ2) is 4.97. The molecule has 3 heteroatoms. The Morgan fingerprint density at radius 2 is 2.27 bits per heavy atom. The van der Waals surface area contributed by atoms with Gasteiger partial charge in [-0.3, -0.25) is 4.79 Å². The Morgan fingerprint density at radius 1 is 1.47 bits per heavy atom. The molecule has 1 N–H and O–H groups in total. The van der Waals surface area contributed by atoms with Gasteiger partial charge in [-0.2, -0.15) is 0 Å². The maximum Gasteiger partial charge on any atom is 0.222 e. The summed E-state index contributed by atoms with van der Waals surface area (Å²) in [7, 11) is 0. The molecule has 1 heterocycles.